The summed E-state index contributed by atoms with van der Waals surface area (Å²) in [6.45, 7) is 9.45. The van der Waals surface area contributed by atoms with Crippen LogP contribution in [0.3, 0.4) is 0 Å². The van der Waals surface area contributed by atoms with E-state index in [9.17, 15) is 4.79 Å². The quantitative estimate of drug-likeness (QED) is 0.796. The number of fused-ring (bicyclic) bond motifs is 1. The van der Waals surface area contributed by atoms with Crippen LogP contribution in [0.25, 0.3) is 0 Å². The minimum absolute atomic E-state index is 0.280. The van der Waals surface area contributed by atoms with Crippen molar-refractivity contribution >= 4 is 11.8 Å². The molecule has 0 atom stereocenters. The van der Waals surface area contributed by atoms with E-state index in [0.29, 0.717) is 19.7 Å². The highest BCUT2D eigenvalue weighted by atomic mass is 16.6. The molecule has 1 aromatic rings. The van der Waals surface area contributed by atoms with Crippen LogP contribution in [0.4, 0.5) is 10.5 Å². The third-order valence-corrected chi connectivity index (χ3v) is 4.15. The Morgan fingerprint density at radius 1 is 1.17 bits per heavy atom. The zero-order chi connectivity index (χ0) is 16.4. The van der Waals surface area contributed by atoms with Gasteiger partial charge in [-0.2, -0.15) is 0 Å². The summed E-state index contributed by atoms with van der Waals surface area (Å²) in [5.41, 5.74) is 1.77. The van der Waals surface area contributed by atoms with Crippen molar-refractivity contribution in [2.24, 2.45) is 0 Å². The lowest BCUT2D eigenvalue weighted by atomic mass is 10.1. The van der Waals surface area contributed by atoms with Crippen molar-refractivity contribution in [1.29, 1.82) is 0 Å². The molecular weight excluding hydrogens is 292 g/mol. The average Bonchev–Trinajstić information content (AvgIpc) is 2.91. The van der Waals surface area contributed by atoms with E-state index < -0.39 is 5.60 Å². The van der Waals surface area contributed by atoms with Crippen LogP contribution in [0, 0.1) is 0 Å². The zero-order valence-electron chi connectivity index (χ0n) is 14.3. The summed E-state index contributed by atoms with van der Waals surface area (Å²) in [7, 11) is 0. The number of anilines is 1. The lowest BCUT2D eigenvalue weighted by Crippen LogP contribution is -2.37. The summed E-state index contributed by atoms with van der Waals surface area (Å²) in [6.07, 6.45) is 2.23. The maximum atomic E-state index is 12.3. The minimum atomic E-state index is -0.479. The molecule has 23 heavy (non-hydrogen) atoms. The summed E-state index contributed by atoms with van der Waals surface area (Å²) in [6, 6.07) is 6.32. The summed E-state index contributed by atoms with van der Waals surface area (Å²) >= 11 is 0. The molecule has 5 heteroatoms. The SMILES string of the molecule is CC(C)(C)OC(=O)N1CCOc2cc(N3CCCC3)ccc2C1. The first-order chi connectivity index (χ1) is 10.9. The van der Waals surface area contributed by atoms with Crippen molar-refractivity contribution in [3.05, 3.63) is 23.8 Å². The molecule has 1 amide bonds. The van der Waals surface area contributed by atoms with E-state index in [2.05, 4.69) is 23.1 Å². The fraction of sp³-hybridized carbons (Fsp3) is 0.611. The second kappa shape index (κ2) is 6.30. The smallest absolute Gasteiger partial charge is 0.410 e. The largest absolute Gasteiger partial charge is 0.491 e. The van der Waals surface area contributed by atoms with Gasteiger partial charge in [0.1, 0.15) is 18.0 Å². The molecule has 3 rings (SSSR count). The highest BCUT2D eigenvalue weighted by molar-refractivity contribution is 5.68. The fourth-order valence-electron chi connectivity index (χ4n) is 3.01. The van der Waals surface area contributed by atoms with E-state index in [1.54, 1.807) is 4.90 Å². The molecule has 0 N–H and O–H groups in total. The third-order valence-electron chi connectivity index (χ3n) is 4.15. The standard InChI is InChI=1S/C18H26N2O3/c1-18(2,3)23-17(21)20-10-11-22-16-12-15(7-6-14(16)13-20)19-8-4-5-9-19/h6-7,12H,4-5,8-11,13H2,1-3H3. The van der Waals surface area contributed by atoms with E-state index in [1.165, 1.54) is 18.5 Å². The maximum absolute atomic E-state index is 12.3. The maximum Gasteiger partial charge on any atom is 0.410 e. The van der Waals surface area contributed by atoms with Crippen molar-refractivity contribution in [1.82, 2.24) is 4.90 Å². The number of rotatable bonds is 1. The van der Waals surface area contributed by atoms with Gasteiger partial charge in [0.25, 0.3) is 0 Å². The molecule has 1 fully saturated rings. The Bertz CT molecular complexity index is 574. The van der Waals surface area contributed by atoms with Crippen LogP contribution in [0.1, 0.15) is 39.2 Å². The number of hydrogen-bond acceptors (Lipinski definition) is 4. The van der Waals surface area contributed by atoms with Gasteiger partial charge < -0.3 is 19.3 Å². The number of amides is 1. The van der Waals surface area contributed by atoms with Gasteiger partial charge in [0, 0.05) is 30.4 Å². The molecule has 0 unspecified atom stereocenters. The van der Waals surface area contributed by atoms with Crippen LogP contribution in [0.2, 0.25) is 0 Å². The number of nitrogens with zero attached hydrogens (tertiary/aromatic N) is 2. The predicted octanol–water partition coefficient (Wildman–Crippen LogP) is 3.42. The second-order valence-corrected chi connectivity index (χ2v) is 7.24. The van der Waals surface area contributed by atoms with Gasteiger partial charge in [-0.3, -0.25) is 0 Å². The molecule has 1 saturated heterocycles. The van der Waals surface area contributed by atoms with E-state index in [-0.39, 0.29) is 6.09 Å². The molecule has 5 nitrogen and oxygen atoms in total. The fourth-order valence-corrected chi connectivity index (χ4v) is 3.01. The van der Waals surface area contributed by atoms with E-state index in [1.807, 2.05) is 20.8 Å². The molecule has 1 aromatic carbocycles. The molecule has 2 aliphatic rings. The van der Waals surface area contributed by atoms with Gasteiger partial charge >= 0.3 is 6.09 Å². The van der Waals surface area contributed by atoms with E-state index in [4.69, 9.17) is 9.47 Å². The molecule has 126 valence electrons. The summed E-state index contributed by atoms with van der Waals surface area (Å²) in [4.78, 5) is 16.4. The van der Waals surface area contributed by atoms with Crippen molar-refractivity contribution in [3.63, 3.8) is 0 Å². The van der Waals surface area contributed by atoms with Crippen LogP contribution in [0.15, 0.2) is 18.2 Å². The molecule has 0 aromatic heterocycles. The number of hydrogen-bond donors (Lipinski definition) is 0. The number of carbonyl (C=O) groups excluding carboxylic acids is 1. The van der Waals surface area contributed by atoms with Gasteiger partial charge in [0.2, 0.25) is 0 Å². The summed E-state index contributed by atoms with van der Waals surface area (Å²) in [5, 5.41) is 0. The normalized spacial score (nSPS) is 18.2. The van der Waals surface area contributed by atoms with Crippen molar-refractivity contribution in [2.45, 2.75) is 45.8 Å². The minimum Gasteiger partial charge on any atom is -0.491 e. The molecular formula is C18H26N2O3. The van der Waals surface area contributed by atoms with Gasteiger partial charge in [-0.15, -0.1) is 0 Å². The molecule has 2 heterocycles. The molecule has 0 bridgehead atoms. The third kappa shape index (κ3) is 3.89. The Balaban J connectivity index is 1.74. The van der Waals surface area contributed by atoms with Crippen molar-refractivity contribution < 1.29 is 14.3 Å². The van der Waals surface area contributed by atoms with Crippen LogP contribution < -0.4 is 9.64 Å². The van der Waals surface area contributed by atoms with Gasteiger partial charge in [0.15, 0.2) is 0 Å². The second-order valence-electron chi connectivity index (χ2n) is 7.24. The predicted molar refractivity (Wildman–Crippen MR) is 90.0 cm³/mol. The lowest BCUT2D eigenvalue weighted by molar-refractivity contribution is 0.0225. The molecule has 0 radical (unpaired) electrons. The Hall–Kier alpha value is -1.91. The van der Waals surface area contributed by atoms with Crippen LogP contribution in [-0.4, -0.2) is 42.8 Å². The van der Waals surface area contributed by atoms with Crippen LogP contribution in [0.5, 0.6) is 5.75 Å². The number of ether oxygens (including phenoxy) is 2. The first-order valence-electron chi connectivity index (χ1n) is 8.41. The molecule has 0 aliphatic carbocycles. The Labute approximate surface area is 138 Å². The van der Waals surface area contributed by atoms with Gasteiger partial charge in [-0.25, -0.2) is 4.79 Å². The average molecular weight is 318 g/mol. The lowest BCUT2D eigenvalue weighted by Gasteiger charge is -2.26. The highest BCUT2D eigenvalue weighted by Gasteiger charge is 2.25. The Morgan fingerprint density at radius 2 is 1.91 bits per heavy atom. The first kappa shape index (κ1) is 16.0. The van der Waals surface area contributed by atoms with Gasteiger partial charge in [-0.05, 0) is 39.7 Å². The van der Waals surface area contributed by atoms with Crippen molar-refractivity contribution in [3.8, 4) is 5.75 Å². The van der Waals surface area contributed by atoms with Gasteiger partial charge in [-0.1, -0.05) is 6.07 Å². The topological polar surface area (TPSA) is 42.0 Å². The number of benzene rings is 1. The summed E-state index contributed by atoms with van der Waals surface area (Å²) in [5.74, 6) is 0.889. The van der Waals surface area contributed by atoms with Crippen molar-refractivity contribution in [2.75, 3.05) is 31.1 Å². The zero-order valence-corrected chi connectivity index (χ0v) is 14.3. The molecule has 0 saturated carbocycles. The highest BCUT2D eigenvalue weighted by Crippen LogP contribution is 2.30. The van der Waals surface area contributed by atoms with Crippen LogP contribution in [-0.2, 0) is 11.3 Å². The Kier molecular flexibility index (Phi) is 4.37. The molecule has 0 spiro atoms. The first-order valence-corrected chi connectivity index (χ1v) is 8.41. The number of carbonyl (C=O) groups is 1. The summed E-state index contributed by atoms with van der Waals surface area (Å²) < 4.78 is 11.4. The monoisotopic (exact) mass is 318 g/mol. The van der Waals surface area contributed by atoms with E-state index >= 15 is 0 Å². The Morgan fingerprint density at radius 3 is 2.61 bits per heavy atom. The van der Waals surface area contributed by atoms with Gasteiger partial charge in [0.05, 0.1) is 13.1 Å². The van der Waals surface area contributed by atoms with E-state index in [0.717, 1.165) is 24.4 Å². The molecule has 2 aliphatic heterocycles. The van der Waals surface area contributed by atoms with Crippen LogP contribution >= 0.6 is 0 Å².